The number of halogens is 1. The number of ether oxygens (including phenoxy) is 4. The summed E-state index contributed by atoms with van der Waals surface area (Å²) in [5.41, 5.74) is -0.0753. The highest BCUT2D eigenvalue weighted by Gasteiger charge is 2.33. The molecule has 37 heavy (non-hydrogen) atoms. The Kier molecular flexibility index (Phi) is 9.68. The van der Waals surface area contributed by atoms with Crippen molar-refractivity contribution in [3.05, 3.63) is 71.3 Å². The van der Waals surface area contributed by atoms with Crippen LogP contribution in [0, 0.1) is 0 Å². The molecule has 0 radical (unpaired) electrons. The summed E-state index contributed by atoms with van der Waals surface area (Å²) in [6.45, 7) is 6.14. The minimum Gasteiger partial charge on any atom is -0.493 e. The van der Waals surface area contributed by atoms with Gasteiger partial charge in [-0.3, -0.25) is 4.90 Å². The monoisotopic (exact) mass is 529 g/mol. The highest BCUT2D eigenvalue weighted by atomic mass is 35.5. The molecule has 9 heteroatoms. The number of nitrogens with zero attached hydrogens (tertiary/aromatic N) is 3. The Labute approximate surface area is 223 Å². The lowest BCUT2D eigenvalue weighted by atomic mass is 10.1. The Balaban J connectivity index is 1.34. The summed E-state index contributed by atoms with van der Waals surface area (Å²) >= 11 is 6.05. The molecule has 1 aromatic heterocycles. The van der Waals surface area contributed by atoms with Gasteiger partial charge in [0.05, 0.1) is 26.9 Å². The topological polar surface area (TPSA) is 78.2 Å². The summed E-state index contributed by atoms with van der Waals surface area (Å²) in [5, 5.41) is 11.8. The first-order chi connectivity index (χ1) is 18.0. The number of imidazole rings is 1. The van der Waals surface area contributed by atoms with Crippen LogP contribution in [0.25, 0.3) is 0 Å². The number of hydrogen-bond donors (Lipinski definition) is 1. The van der Waals surface area contributed by atoms with Gasteiger partial charge in [-0.05, 0) is 42.3 Å². The van der Waals surface area contributed by atoms with E-state index in [4.69, 9.17) is 30.5 Å². The second-order valence-electron chi connectivity index (χ2n) is 9.31. The molecule has 200 valence electrons. The Morgan fingerprint density at radius 1 is 1.16 bits per heavy atom. The molecule has 8 nitrogen and oxygen atoms in total. The third kappa shape index (κ3) is 7.85. The average molecular weight is 530 g/mol. The van der Waals surface area contributed by atoms with E-state index in [0.717, 1.165) is 30.8 Å². The molecule has 1 fully saturated rings. The molecule has 1 N–H and O–H groups in total. The molecule has 1 aliphatic rings. The highest BCUT2D eigenvalue weighted by Crippen LogP contribution is 2.29. The Morgan fingerprint density at radius 3 is 2.86 bits per heavy atom. The maximum Gasteiger partial charge on any atom is 0.161 e. The Hall–Kier alpha value is -2.78. The Bertz CT molecular complexity index is 1140. The third-order valence-corrected chi connectivity index (χ3v) is 6.53. The van der Waals surface area contributed by atoms with E-state index in [-0.39, 0.29) is 13.2 Å². The fourth-order valence-corrected chi connectivity index (χ4v) is 4.64. The molecule has 0 spiro atoms. The zero-order valence-electron chi connectivity index (χ0n) is 21.6. The molecule has 0 unspecified atom stereocenters. The lowest BCUT2D eigenvalue weighted by molar-refractivity contribution is -0.0646. The second-order valence-corrected chi connectivity index (χ2v) is 9.75. The first-order valence-corrected chi connectivity index (χ1v) is 13.1. The van der Waals surface area contributed by atoms with Crippen LogP contribution in [0.15, 0.2) is 54.9 Å². The van der Waals surface area contributed by atoms with Crippen LogP contribution in [0.4, 0.5) is 0 Å². The largest absolute Gasteiger partial charge is 0.493 e. The van der Waals surface area contributed by atoms with Gasteiger partial charge in [0.2, 0.25) is 0 Å². The van der Waals surface area contributed by atoms with Crippen molar-refractivity contribution in [3.8, 4) is 17.2 Å². The number of aromatic nitrogens is 2. The molecular weight excluding hydrogens is 494 g/mol. The number of aliphatic hydroxyl groups is 1. The lowest BCUT2D eigenvalue weighted by Gasteiger charge is -2.30. The van der Waals surface area contributed by atoms with Crippen LogP contribution in [0.1, 0.15) is 24.7 Å². The van der Waals surface area contributed by atoms with E-state index in [1.54, 1.807) is 19.2 Å². The second kappa shape index (κ2) is 13.1. The molecule has 1 aliphatic heterocycles. The number of benzene rings is 2. The van der Waals surface area contributed by atoms with Crippen LogP contribution in [0.2, 0.25) is 5.02 Å². The number of rotatable bonds is 12. The van der Waals surface area contributed by atoms with E-state index in [9.17, 15) is 5.11 Å². The van der Waals surface area contributed by atoms with Crippen molar-refractivity contribution in [2.75, 3.05) is 46.6 Å². The van der Waals surface area contributed by atoms with Crippen LogP contribution in [0.5, 0.6) is 17.2 Å². The number of aryl methyl sites for hydroxylation is 2. The first kappa shape index (κ1) is 27.3. The van der Waals surface area contributed by atoms with Crippen molar-refractivity contribution in [1.29, 1.82) is 0 Å². The van der Waals surface area contributed by atoms with Gasteiger partial charge in [0.15, 0.2) is 11.5 Å². The fourth-order valence-electron chi connectivity index (χ4n) is 4.46. The average Bonchev–Trinajstić information content (AvgIpc) is 3.27. The molecule has 0 amide bonds. The van der Waals surface area contributed by atoms with Crippen molar-refractivity contribution in [3.63, 3.8) is 0 Å². The minimum absolute atomic E-state index is 0.109. The van der Waals surface area contributed by atoms with Gasteiger partial charge in [0, 0.05) is 50.0 Å². The summed E-state index contributed by atoms with van der Waals surface area (Å²) in [7, 11) is 1.65. The molecule has 0 saturated carbocycles. The van der Waals surface area contributed by atoms with Gasteiger partial charge in [-0.25, -0.2) is 4.98 Å². The van der Waals surface area contributed by atoms with Gasteiger partial charge in [0.1, 0.15) is 23.8 Å². The standard InChI is InChI=1S/C28H36ClN3O5/c1-3-27-30-10-12-32(27)11-5-14-36-26-16-22(8-9-25(26)34-2)18-31-13-15-35-20-28(33,19-31)21-37-24-7-4-6-23(29)17-24/h4,6-10,12,16-17,33H,3,5,11,13-15,18-21H2,1-2H3/t28-/m1/s1. The van der Waals surface area contributed by atoms with E-state index < -0.39 is 5.60 Å². The summed E-state index contributed by atoms with van der Waals surface area (Å²) in [6, 6.07) is 13.1. The summed E-state index contributed by atoms with van der Waals surface area (Å²) in [6.07, 6.45) is 5.61. The summed E-state index contributed by atoms with van der Waals surface area (Å²) in [5.74, 6) is 3.12. The zero-order valence-corrected chi connectivity index (χ0v) is 22.3. The normalized spacial score (nSPS) is 18.4. The van der Waals surface area contributed by atoms with E-state index in [1.165, 1.54) is 0 Å². The quantitative estimate of drug-likeness (QED) is 0.352. The maximum atomic E-state index is 11.3. The molecular formula is C28H36ClN3O5. The zero-order chi connectivity index (χ0) is 26.1. The van der Waals surface area contributed by atoms with Crippen molar-refractivity contribution >= 4 is 11.6 Å². The van der Waals surface area contributed by atoms with Crippen LogP contribution in [-0.4, -0.2) is 71.8 Å². The van der Waals surface area contributed by atoms with Gasteiger partial charge >= 0.3 is 0 Å². The summed E-state index contributed by atoms with van der Waals surface area (Å²) < 4.78 is 25.4. The predicted octanol–water partition coefficient (Wildman–Crippen LogP) is 4.22. The van der Waals surface area contributed by atoms with Crippen LogP contribution >= 0.6 is 11.6 Å². The van der Waals surface area contributed by atoms with Crippen molar-refractivity contribution in [2.45, 2.75) is 38.5 Å². The molecule has 0 bridgehead atoms. The lowest BCUT2D eigenvalue weighted by Crippen LogP contribution is -2.48. The van der Waals surface area contributed by atoms with Crippen molar-refractivity contribution < 1.29 is 24.1 Å². The first-order valence-electron chi connectivity index (χ1n) is 12.7. The van der Waals surface area contributed by atoms with Crippen LogP contribution < -0.4 is 14.2 Å². The minimum atomic E-state index is -1.14. The SMILES string of the molecule is CCc1nccn1CCCOc1cc(CN2CCOC[C@@](O)(COc3cccc(Cl)c3)C2)ccc1OC. The predicted molar refractivity (Wildman–Crippen MR) is 143 cm³/mol. The fraction of sp³-hybridized carbons (Fsp3) is 0.464. The highest BCUT2D eigenvalue weighted by molar-refractivity contribution is 6.30. The van der Waals surface area contributed by atoms with Gasteiger partial charge in [0.25, 0.3) is 0 Å². The van der Waals surface area contributed by atoms with Gasteiger partial charge in [-0.15, -0.1) is 0 Å². The van der Waals surface area contributed by atoms with E-state index in [2.05, 4.69) is 21.4 Å². The smallest absolute Gasteiger partial charge is 0.161 e. The van der Waals surface area contributed by atoms with Gasteiger partial charge in [-0.1, -0.05) is 30.7 Å². The molecule has 4 rings (SSSR count). The number of methoxy groups -OCH3 is 1. The number of β-amino-alcohol motifs (C(OH)–C–C–N with tert-alkyl or cyclic N) is 1. The van der Waals surface area contributed by atoms with Crippen LogP contribution in [0.3, 0.4) is 0 Å². The van der Waals surface area contributed by atoms with Crippen molar-refractivity contribution in [1.82, 2.24) is 14.5 Å². The van der Waals surface area contributed by atoms with Gasteiger partial charge in [-0.2, -0.15) is 0 Å². The van der Waals surface area contributed by atoms with E-state index in [1.807, 2.05) is 42.7 Å². The molecule has 2 heterocycles. The van der Waals surface area contributed by atoms with E-state index >= 15 is 0 Å². The Morgan fingerprint density at radius 2 is 2.05 bits per heavy atom. The van der Waals surface area contributed by atoms with Crippen molar-refractivity contribution in [2.24, 2.45) is 0 Å². The maximum absolute atomic E-state index is 11.3. The molecule has 3 aromatic rings. The summed E-state index contributed by atoms with van der Waals surface area (Å²) in [4.78, 5) is 6.54. The molecule has 1 atom stereocenters. The van der Waals surface area contributed by atoms with Gasteiger partial charge < -0.3 is 28.6 Å². The molecule has 1 saturated heterocycles. The van der Waals surface area contributed by atoms with Crippen LogP contribution in [-0.2, 0) is 24.2 Å². The molecule has 0 aliphatic carbocycles. The molecule has 2 aromatic carbocycles. The van der Waals surface area contributed by atoms with E-state index in [0.29, 0.717) is 55.1 Å². The third-order valence-electron chi connectivity index (χ3n) is 6.30. The number of hydrogen-bond acceptors (Lipinski definition) is 7.